The van der Waals surface area contributed by atoms with Crippen LogP contribution in [0.4, 0.5) is 5.13 Å². The number of nitrogens with one attached hydrogen (secondary N) is 1. The van der Waals surface area contributed by atoms with Crippen LogP contribution in [0.3, 0.4) is 0 Å². The minimum absolute atomic E-state index is 0.0234. The molecule has 19 heavy (non-hydrogen) atoms. The summed E-state index contributed by atoms with van der Waals surface area (Å²) in [5.74, 6) is 0.489. The second-order valence-electron chi connectivity index (χ2n) is 5.84. The monoisotopic (exact) mass is 299 g/mol. The maximum Gasteiger partial charge on any atom is 0.236 e. The molecule has 106 valence electrons. The van der Waals surface area contributed by atoms with Gasteiger partial charge in [-0.25, -0.2) is 4.98 Å². The zero-order chi connectivity index (χ0) is 14.0. The number of rotatable bonds is 3. The summed E-state index contributed by atoms with van der Waals surface area (Å²) >= 11 is 3.21. The molecule has 1 atom stereocenters. The number of anilines is 1. The number of aromatic nitrogens is 1. The molecule has 0 unspecified atom stereocenters. The third kappa shape index (κ3) is 4.47. The van der Waals surface area contributed by atoms with E-state index in [1.54, 1.807) is 23.1 Å². The standard InChI is InChI=1S/C13H21N3OS2/c1-13(2,3)18-7-11(17)16-12-15-9-5-4-8(14)6-10(9)19-12/h8H,4-7,14H2,1-3H3,(H,15,16,17)/t8-/m0/s1. The Labute approximate surface area is 122 Å². The Morgan fingerprint density at radius 2 is 2.32 bits per heavy atom. The molecule has 0 aliphatic heterocycles. The van der Waals surface area contributed by atoms with Crippen molar-refractivity contribution < 1.29 is 4.79 Å². The van der Waals surface area contributed by atoms with Crippen molar-refractivity contribution in [1.29, 1.82) is 0 Å². The molecule has 1 heterocycles. The molecule has 0 bridgehead atoms. The number of hydrogen-bond donors (Lipinski definition) is 2. The highest BCUT2D eigenvalue weighted by molar-refractivity contribution is 8.01. The van der Waals surface area contributed by atoms with Crippen molar-refractivity contribution in [1.82, 2.24) is 4.98 Å². The Morgan fingerprint density at radius 3 is 3.00 bits per heavy atom. The van der Waals surface area contributed by atoms with Crippen LogP contribution in [-0.4, -0.2) is 27.4 Å². The lowest BCUT2D eigenvalue weighted by Gasteiger charge is -2.16. The minimum atomic E-state index is 0.0234. The first kappa shape index (κ1) is 14.8. The molecule has 6 heteroatoms. The van der Waals surface area contributed by atoms with Crippen LogP contribution < -0.4 is 11.1 Å². The van der Waals surface area contributed by atoms with Gasteiger partial charge in [0.2, 0.25) is 5.91 Å². The molecule has 0 aromatic carbocycles. The van der Waals surface area contributed by atoms with E-state index in [1.165, 1.54) is 4.88 Å². The number of hydrogen-bond acceptors (Lipinski definition) is 5. The number of nitrogens with zero attached hydrogens (tertiary/aromatic N) is 1. The van der Waals surface area contributed by atoms with Gasteiger partial charge >= 0.3 is 0 Å². The molecule has 0 radical (unpaired) electrons. The van der Waals surface area contributed by atoms with E-state index in [0.29, 0.717) is 5.75 Å². The number of fused-ring (bicyclic) bond motifs is 1. The van der Waals surface area contributed by atoms with Crippen molar-refractivity contribution in [2.24, 2.45) is 5.73 Å². The van der Waals surface area contributed by atoms with Gasteiger partial charge in [0.1, 0.15) is 0 Å². The van der Waals surface area contributed by atoms with Gasteiger partial charge in [-0.3, -0.25) is 4.79 Å². The van der Waals surface area contributed by atoms with Gasteiger partial charge in [0, 0.05) is 15.7 Å². The number of carbonyl (C=O) groups is 1. The molecular formula is C13H21N3OS2. The second-order valence-corrected chi connectivity index (χ2v) is 8.73. The Morgan fingerprint density at radius 1 is 1.58 bits per heavy atom. The van der Waals surface area contributed by atoms with Crippen molar-refractivity contribution in [2.75, 3.05) is 11.1 Å². The molecule has 4 nitrogen and oxygen atoms in total. The van der Waals surface area contributed by atoms with Crippen LogP contribution in [0.5, 0.6) is 0 Å². The van der Waals surface area contributed by atoms with Crippen LogP contribution in [0, 0.1) is 0 Å². The molecule has 0 fully saturated rings. The van der Waals surface area contributed by atoms with E-state index in [1.807, 2.05) is 0 Å². The molecule has 1 aliphatic rings. The summed E-state index contributed by atoms with van der Waals surface area (Å²) in [7, 11) is 0. The van der Waals surface area contributed by atoms with Crippen LogP contribution in [-0.2, 0) is 17.6 Å². The van der Waals surface area contributed by atoms with Gasteiger partial charge in [0.25, 0.3) is 0 Å². The molecule has 2 rings (SSSR count). The molecule has 1 amide bonds. The predicted molar refractivity (Wildman–Crippen MR) is 83.0 cm³/mol. The van der Waals surface area contributed by atoms with E-state index < -0.39 is 0 Å². The highest BCUT2D eigenvalue weighted by atomic mass is 32.2. The fraction of sp³-hybridized carbons (Fsp3) is 0.692. The number of thiazole rings is 1. The lowest BCUT2D eigenvalue weighted by Crippen LogP contribution is -2.27. The van der Waals surface area contributed by atoms with Gasteiger partial charge in [-0.05, 0) is 19.3 Å². The van der Waals surface area contributed by atoms with Crippen LogP contribution in [0.15, 0.2) is 0 Å². The van der Waals surface area contributed by atoms with Gasteiger partial charge in [0.05, 0.1) is 11.4 Å². The summed E-state index contributed by atoms with van der Waals surface area (Å²) in [6.45, 7) is 6.32. The maximum atomic E-state index is 11.8. The first-order chi connectivity index (χ1) is 8.83. The van der Waals surface area contributed by atoms with Gasteiger partial charge < -0.3 is 11.1 Å². The van der Waals surface area contributed by atoms with Crippen molar-refractivity contribution in [3.8, 4) is 0 Å². The van der Waals surface area contributed by atoms with Crippen LogP contribution in [0.1, 0.15) is 37.8 Å². The van der Waals surface area contributed by atoms with Crippen molar-refractivity contribution in [2.45, 2.75) is 50.8 Å². The predicted octanol–water partition coefficient (Wildman–Crippen LogP) is 2.43. The maximum absolute atomic E-state index is 11.8. The molecule has 3 N–H and O–H groups in total. The first-order valence-electron chi connectivity index (χ1n) is 6.51. The summed E-state index contributed by atoms with van der Waals surface area (Å²) in [6.07, 6.45) is 2.81. The Balaban J connectivity index is 1.91. The first-order valence-corrected chi connectivity index (χ1v) is 8.31. The number of thioether (sulfide) groups is 1. The number of amides is 1. The smallest absolute Gasteiger partial charge is 0.236 e. The van der Waals surface area contributed by atoms with Gasteiger partial charge in [-0.1, -0.05) is 20.8 Å². The number of aryl methyl sites for hydroxylation is 1. The van der Waals surface area contributed by atoms with Crippen molar-refractivity contribution in [3.63, 3.8) is 0 Å². The zero-order valence-electron chi connectivity index (χ0n) is 11.7. The van der Waals surface area contributed by atoms with Crippen LogP contribution >= 0.6 is 23.1 Å². The number of carbonyl (C=O) groups excluding carboxylic acids is 1. The highest BCUT2D eigenvalue weighted by Crippen LogP contribution is 2.29. The highest BCUT2D eigenvalue weighted by Gasteiger charge is 2.21. The van der Waals surface area contributed by atoms with E-state index >= 15 is 0 Å². The topological polar surface area (TPSA) is 68.0 Å². The molecule has 1 aliphatic carbocycles. The molecule has 0 spiro atoms. The van der Waals surface area contributed by atoms with Gasteiger partial charge in [-0.2, -0.15) is 0 Å². The molecule has 1 aromatic heterocycles. The Kier molecular flexibility index (Phi) is 4.53. The number of nitrogens with two attached hydrogens (primary N) is 1. The van der Waals surface area contributed by atoms with E-state index in [-0.39, 0.29) is 16.7 Å². The van der Waals surface area contributed by atoms with E-state index in [2.05, 4.69) is 31.1 Å². The van der Waals surface area contributed by atoms with Gasteiger partial charge in [0.15, 0.2) is 5.13 Å². The quantitative estimate of drug-likeness (QED) is 0.899. The second kappa shape index (κ2) is 5.81. The van der Waals surface area contributed by atoms with E-state index in [4.69, 9.17) is 5.73 Å². The average Bonchev–Trinajstić information content (AvgIpc) is 2.66. The van der Waals surface area contributed by atoms with Crippen LogP contribution in [0.25, 0.3) is 0 Å². The molecule has 0 saturated carbocycles. The SMILES string of the molecule is CC(C)(C)SCC(=O)Nc1nc2c(s1)C[C@@H](N)CC2. The lowest BCUT2D eigenvalue weighted by molar-refractivity contribution is -0.113. The van der Waals surface area contributed by atoms with Crippen molar-refractivity contribution in [3.05, 3.63) is 10.6 Å². The third-order valence-electron chi connectivity index (χ3n) is 2.86. The average molecular weight is 299 g/mol. The largest absolute Gasteiger partial charge is 0.327 e. The third-order valence-corrected chi connectivity index (χ3v) is 5.17. The Bertz CT molecular complexity index is 465. The summed E-state index contributed by atoms with van der Waals surface area (Å²) in [4.78, 5) is 17.6. The summed E-state index contributed by atoms with van der Waals surface area (Å²) in [5.41, 5.74) is 7.06. The minimum Gasteiger partial charge on any atom is -0.327 e. The fourth-order valence-corrected chi connectivity index (χ4v) is 3.64. The molecular weight excluding hydrogens is 278 g/mol. The van der Waals surface area contributed by atoms with E-state index in [9.17, 15) is 4.79 Å². The summed E-state index contributed by atoms with van der Waals surface area (Å²) in [5, 5.41) is 3.61. The summed E-state index contributed by atoms with van der Waals surface area (Å²) in [6, 6.07) is 0.243. The van der Waals surface area contributed by atoms with E-state index in [0.717, 1.165) is 30.1 Å². The lowest BCUT2D eigenvalue weighted by atomic mass is 9.99. The summed E-state index contributed by atoms with van der Waals surface area (Å²) < 4.78 is 0.103. The zero-order valence-corrected chi connectivity index (χ0v) is 13.3. The Hall–Kier alpha value is -0.590. The van der Waals surface area contributed by atoms with Gasteiger partial charge in [-0.15, -0.1) is 23.1 Å². The molecule has 0 saturated heterocycles. The fourth-order valence-electron chi connectivity index (χ4n) is 1.89. The normalized spacial score (nSPS) is 19.1. The van der Waals surface area contributed by atoms with Crippen LogP contribution in [0.2, 0.25) is 0 Å². The van der Waals surface area contributed by atoms with Crippen molar-refractivity contribution >= 4 is 34.1 Å². The molecule has 1 aromatic rings.